The SMILES string of the molecule is c1ccc(-c2oc3ccc4oc5c(-c6c7ccccc7c(-c7cccc8sc9ccccc9c78)c7ccccc67)cccc5c4c3c2-c2ccccc2)cc1. The maximum Gasteiger partial charge on any atom is 0.143 e. The molecule has 3 aromatic heterocycles. The van der Waals surface area contributed by atoms with E-state index in [-0.39, 0.29) is 0 Å². The fraction of sp³-hybridized carbons (Fsp3) is 0. The van der Waals surface area contributed by atoms with Crippen molar-refractivity contribution in [2.75, 3.05) is 0 Å². The van der Waals surface area contributed by atoms with Crippen molar-refractivity contribution < 1.29 is 8.83 Å². The van der Waals surface area contributed by atoms with E-state index in [1.54, 1.807) is 0 Å². The fourth-order valence-electron chi connectivity index (χ4n) is 9.04. The highest BCUT2D eigenvalue weighted by Gasteiger charge is 2.25. The molecule has 0 aliphatic carbocycles. The second-order valence-electron chi connectivity index (χ2n) is 14.3. The highest BCUT2D eigenvalue weighted by molar-refractivity contribution is 7.26. The number of hydrogen-bond acceptors (Lipinski definition) is 3. The minimum atomic E-state index is 0.841. The molecule has 0 saturated heterocycles. The molecule has 0 aliphatic heterocycles. The Bertz CT molecular complexity index is 3420. The van der Waals surface area contributed by atoms with Crippen molar-refractivity contribution in [2.24, 2.45) is 0 Å². The molecule has 3 heteroatoms. The van der Waals surface area contributed by atoms with Crippen molar-refractivity contribution in [3.63, 3.8) is 0 Å². The van der Waals surface area contributed by atoms with Crippen LogP contribution >= 0.6 is 11.3 Å². The Kier molecular flexibility index (Phi) is 6.54. The molecule has 12 rings (SSSR count). The van der Waals surface area contributed by atoms with Crippen LogP contribution in [0.2, 0.25) is 0 Å². The summed E-state index contributed by atoms with van der Waals surface area (Å²) >= 11 is 1.87. The summed E-state index contributed by atoms with van der Waals surface area (Å²) in [5.74, 6) is 0.862. The molecule has 0 aliphatic rings. The molecule has 12 aromatic rings. The molecule has 0 N–H and O–H groups in total. The summed E-state index contributed by atoms with van der Waals surface area (Å²) < 4.78 is 16.4. The van der Waals surface area contributed by atoms with Gasteiger partial charge in [0.05, 0.1) is 0 Å². The lowest BCUT2D eigenvalue weighted by Gasteiger charge is -2.18. The first-order valence-electron chi connectivity index (χ1n) is 18.7. The van der Waals surface area contributed by atoms with Crippen LogP contribution in [0.15, 0.2) is 191 Å². The molecule has 256 valence electrons. The van der Waals surface area contributed by atoms with Crippen molar-refractivity contribution in [3.8, 4) is 44.7 Å². The van der Waals surface area contributed by atoms with Gasteiger partial charge in [-0.25, -0.2) is 0 Å². The van der Waals surface area contributed by atoms with Crippen LogP contribution in [0.1, 0.15) is 0 Å². The van der Waals surface area contributed by atoms with Crippen molar-refractivity contribution in [1.29, 1.82) is 0 Å². The Morgan fingerprint density at radius 2 is 0.818 bits per heavy atom. The second kappa shape index (κ2) is 11.8. The smallest absolute Gasteiger partial charge is 0.143 e. The summed E-state index contributed by atoms with van der Waals surface area (Å²) in [6.07, 6.45) is 0. The monoisotopic (exact) mass is 718 g/mol. The molecule has 0 fully saturated rings. The summed E-state index contributed by atoms with van der Waals surface area (Å²) in [7, 11) is 0. The molecule has 0 bridgehead atoms. The topological polar surface area (TPSA) is 26.3 Å². The molecular formula is C52H30O2S. The van der Waals surface area contributed by atoms with Crippen LogP contribution in [0.3, 0.4) is 0 Å². The summed E-state index contributed by atoms with van der Waals surface area (Å²) in [5.41, 5.74) is 10.6. The molecule has 0 radical (unpaired) electrons. The minimum absolute atomic E-state index is 0.841. The Morgan fingerprint density at radius 3 is 1.51 bits per heavy atom. The maximum absolute atomic E-state index is 7.02. The Balaban J connectivity index is 1.19. The summed E-state index contributed by atoms with van der Waals surface area (Å²) in [5, 5.41) is 10.7. The van der Waals surface area contributed by atoms with Gasteiger partial charge in [0.1, 0.15) is 22.5 Å². The lowest BCUT2D eigenvalue weighted by atomic mass is 9.84. The van der Waals surface area contributed by atoms with E-state index < -0.39 is 0 Å². The molecule has 3 heterocycles. The van der Waals surface area contributed by atoms with E-state index >= 15 is 0 Å². The van der Waals surface area contributed by atoms with Crippen molar-refractivity contribution in [3.05, 3.63) is 182 Å². The largest absolute Gasteiger partial charge is 0.455 e. The number of hydrogen-bond donors (Lipinski definition) is 0. The third-order valence-corrected chi connectivity index (χ3v) is 12.4. The molecule has 0 saturated carbocycles. The van der Waals surface area contributed by atoms with Gasteiger partial charge < -0.3 is 8.83 Å². The highest BCUT2D eigenvalue weighted by Crippen LogP contribution is 2.51. The molecule has 0 amide bonds. The van der Waals surface area contributed by atoms with Crippen LogP contribution in [0.4, 0.5) is 0 Å². The van der Waals surface area contributed by atoms with Crippen molar-refractivity contribution >= 4 is 86.0 Å². The predicted octanol–water partition coefficient (Wildman–Crippen LogP) is 15.7. The standard InChI is InChI=1S/C52H30O2S/c1-3-15-31(16-4-1)45-50-42(53-51(45)32-17-5-2-6-18-32)30-29-41-49(50)40-26-13-25-39(52(40)54-41)47-35-21-9-7-19-33(35)46(34-20-8-10-22-36(34)47)38-24-14-28-44-48(38)37-23-11-12-27-43(37)55-44/h1-30H. The minimum Gasteiger partial charge on any atom is -0.455 e. The van der Waals surface area contributed by atoms with Crippen LogP contribution in [-0.4, -0.2) is 0 Å². The van der Waals surface area contributed by atoms with E-state index in [0.717, 1.165) is 60.9 Å². The van der Waals surface area contributed by atoms with E-state index in [0.29, 0.717) is 0 Å². The second-order valence-corrected chi connectivity index (χ2v) is 15.3. The molecule has 9 aromatic carbocycles. The number of rotatable bonds is 4. The van der Waals surface area contributed by atoms with Gasteiger partial charge in [0.25, 0.3) is 0 Å². The fourth-order valence-corrected chi connectivity index (χ4v) is 10.2. The predicted molar refractivity (Wildman–Crippen MR) is 233 cm³/mol. The first kappa shape index (κ1) is 30.5. The van der Waals surface area contributed by atoms with Gasteiger partial charge in [-0.05, 0) is 62.5 Å². The molecule has 55 heavy (non-hydrogen) atoms. The molecule has 0 spiro atoms. The zero-order valence-corrected chi connectivity index (χ0v) is 30.4. The van der Waals surface area contributed by atoms with Gasteiger partial charge in [0.15, 0.2) is 0 Å². The Hall–Kier alpha value is -6.94. The zero-order valence-electron chi connectivity index (χ0n) is 29.5. The van der Waals surface area contributed by atoms with Crippen LogP contribution in [0, 0.1) is 0 Å². The molecular weight excluding hydrogens is 689 g/mol. The average molecular weight is 719 g/mol. The first-order valence-corrected chi connectivity index (χ1v) is 19.5. The van der Waals surface area contributed by atoms with Gasteiger partial charge in [0, 0.05) is 58.6 Å². The van der Waals surface area contributed by atoms with Crippen LogP contribution in [-0.2, 0) is 0 Å². The number of benzene rings is 9. The van der Waals surface area contributed by atoms with Gasteiger partial charge in [0.2, 0.25) is 0 Å². The van der Waals surface area contributed by atoms with Crippen molar-refractivity contribution in [1.82, 2.24) is 0 Å². The highest BCUT2D eigenvalue weighted by atomic mass is 32.1. The average Bonchev–Trinajstić information content (AvgIpc) is 3.95. The quantitative estimate of drug-likeness (QED) is 0.169. The lowest BCUT2D eigenvalue weighted by molar-refractivity contribution is 0.632. The first-order chi connectivity index (χ1) is 27.3. The number of furan rings is 2. The van der Waals surface area contributed by atoms with E-state index in [1.165, 1.54) is 58.4 Å². The van der Waals surface area contributed by atoms with E-state index in [9.17, 15) is 0 Å². The van der Waals surface area contributed by atoms with Gasteiger partial charge in [-0.2, -0.15) is 0 Å². The summed E-state index contributed by atoms with van der Waals surface area (Å²) in [6.45, 7) is 0. The van der Waals surface area contributed by atoms with Gasteiger partial charge in [-0.3, -0.25) is 0 Å². The number of thiophene rings is 1. The van der Waals surface area contributed by atoms with Crippen molar-refractivity contribution in [2.45, 2.75) is 0 Å². The molecule has 0 atom stereocenters. The van der Waals surface area contributed by atoms with Crippen LogP contribution in [0.5, 0.6) is 0 Å². The third kappa shape index (κ3) is 4.42. The summed E-state index contributed by atoms with van der Waals surface area (Å²) in [6, 6.07) is 65.1. The number of fused-ring (bicyclic) bond motifs is 10. The van der Waals surface area contributed by atoms with Gasteiger partial charge in [-0.1, -0.05) is 158 Å². The normalized spacial score (nSPS) is 12.0. The van der Waals surface area contributed by atoms with Gasteiger partial charge in [-0.15, -0.1) is 11.3 Å². The maximum atomic E-state index is 7.02. The van der Waals surface area contributed by atoms with E-state index in [4.69, 9.17) is 8.83 Å². The van der Waals surface area contributed by atoms with E-state index in [1.807, 2.05) is 17.4 Å². The molecule has 2 nitrogen and oxygen atoms in total. The van der Waals surface area contributed by atoms with E-state index in [2.05, 4.69) is 176 Å². The Morgan fingerprint density at radius 1 is 0.309 bits per heavy atom. The number of para-hydroxylation sites is 1. The lowest BCUT2D eigenvalue weighted by Crippen LogP contribution is -1.91. The van der Waals surface area contributed by atoms with Crippen LogP contribution in [0.25, 0.3) is 119 Å². The van der Waals surface area contributed by atoms with Crippen LogP contribution < -0.4 is 0 Å². The summed E-state index contributed by atoms with van der Waals surface area (Å²) in [4.78, 5) is 0. The third-order valence-electron chi connectivity index (χ3n) is 11.3. The Labute approximate surface area is 320 Å². The molecule has 0 unspecified atom stereocenters. The van der Waals surface area contributed by atoms with Gasteiger partial charge >= 0.3 is 0 Å². The zero-order chi connectivity index (χ0) is 36.0.